The molecule has 0 saturated carbocycles. The summed E-state index contributed by atoms with van der Waals surface area (Å²) in [7, 11) is 1.75. The predicted molar refractivity (Wildman–Crippen MR) is 46.8 cm³/mol. The summed E-state index contributed by atoms with van der Waals surface area (Å²) in [5.41, 5.74) is 5.54. The number of rotatable bonds is 1. The molecular formula is C7H13N5O. The molecule has 0 amide bonds. The van der Waals surface area contributed by atoms with Crippen molar-refractivity contribution in [2.24, 2.45) is 7.05 Å². The first-order valence-electron chi connectivity index (χ1n) is 4.24. The fourth-order valence-corrected chi connectivity index (χ4v) is 1.48. The summed E-state index contributed by atoms with van der Waals surface area (Å²) < 4.78 is 1.53. The van der Waals surface area contributed by atoms with Gasteiger partial charge in [-0.2, -0.15) is 10.1 Å². The summed E-state index contributed by atoms with van der Waals surface area (Å²) in [6.07, 6.45) is 0.360. The first-order valence-corrected chi connectivity index (χ1v) is 4.24. The van der Waals surface area contributed by atoms with Crippen molar-refractivity contribution >= 4 is 5.95 Å². The lowest BCUT2D eigenvalue weighted by Crippen LogP contribution is -2.16. The molecule has 0 aromatic carbocycles. The second-order valence-corrected chi connectivity index (χ2v) is 3.30. The third kappa shape index (κ3) is 1.50. The van der Waals surface area contributed by atoms with Crippen molar-refractivity contribution in [3.8, 4) is 0 Å². The number of aliphatic hydroxyl groups is 1. The van der Waals surface area contributed by atoms with Crippen LogP contribution in [-0.2, 0) is 7.05 Å². The maximum atomic E-state index is 9.28. The highest BCUT2D eigenvalue weighted by Crippen LogP contribution is 2.20. The number of aromatic nitrogens is 3. The minimum Gasteiger partial charge on any atom is -0.392 e. The Morgan fingerprint density at radius 3 is 2.92 bits per heavy atom. The van der Waals surface area contributed by atoms with E-state index < -0.39 is 0 Å². The number of nitrogens with zero attached hydrogens (tertiary/aromatic N) is 3. The summed E-state index contributed by atoms with van der Waals surface area (Å²) >= 11 is 0. The fraction of sp³-hybridized carbons (Fsp3) is 0.714. The van der Waals surface area contributed by atoms with Crippen LogP contribution in [0.3, 0.4) is 0 Å². The first kappa shape index (κ1) is 8.46. The van der Waals surface area contributed by atoms with Crippen molar-refractivity contribution in [2.75, 3.05) is 12.3 Å². The molecule has 2 atom stereocenters. The van der Waals surface area contributed by atoms with Gasteiger partial charge in [-0.25, -0.2) is 4.68 Å². The Kier molecular flexibility index (Phi) is 1.93. The summed E-state index contributed by atoms with van der Waals surface area (Å²) in [4.78, 5) is 4.08. The Morgan fingerprint density at radius 1 is 1.69 bits per heavy atom. The van der Waals surface area contributed by atoms with Gasteiger partial charge in [-0.3, -0.25) is 0 Å². The SMILES string of the molecule is Cn1nc([C@@H]2C[C@@H](O)CN2)nc1N. The number of aliphatic hydroxyl groups excluding tert-OH is 1. The van der Waals surface area contributed by atoms with Crippen LogP contribution in [0.5, 0.6) is 0 Å². The summed E-state index contributed by atoms with van der Waals surface area (Å²) in [5, 5.41) is 16.5. The average Bonchev–Trinajstić information content (AvgIpc) is 2.61. The number of hydrogen-bond donors (Lipinski definition) is 3. The molecule has 1 aromatic rings. The van der Waals surface area contributed by atoms with Gasteiger partial charge in [0.2, 0.25) is 5.95 Å². The molecule has 4 N–H and O–H groups in total. The van der Waals surface area contributed by atoms with E-state index in [1.165, 1.54) is 4.68 Å². The molecule has 0 radical (unpaired) electrons. The summed E-state index contributed by atoms with van der Waals surface area (Å²) in [6.45, 7) is 0.600. The maximum Gasteiger partial charge on any atom is 0.218 e. The standard InChI is InChI=1S/C7H13N5O/c1-12-7(8)10-6(11-12)5-2-4(13)3-9-5/h4-5,9,13H,2-3H2,1H3,(H2,8,10,11)/t4-,5+/m1/s1. The van der Waals surface area contributed by atoms with Crippen molar-refractivity contribution in [3.05, 3.63) is 5.82 Å². The van der Waals surface area contributed by atoms with E-state index in [4.69, 9.17) is 5.73 Å². The largest absolute Gasteiger partial charge is 0.392 e. The fourth-order valence-electron chi connectivity index (χ4n) is 1.48. The van der Waals surface area contributed by atoms with E-state index in [-0.39, 0.29) is 12.1 Å². The topological polar surface area (TPSA) is 89.0 Å². The Bertz CT molecular complexity index is 290. The average molecular weight is 183 g/mol. The zero-order valence-corrected chi connectivity index (χ0v) is 7.44. The molecule has 2 heterocycles. The van der Waals surface area contributed by atoms with Crippen LogP contribution in [0, 0.1) is 0 Å². The van der Waals surface area contributed by atoms with Gasteiger partial charge in [0, 0.05) is 13.6 Å². The highest BCUT2D eigenvalue weighted by atomic mass is 16.3. The van der Waals surface area contributed by atoms with E-state index in [0.717, 1.165) is 0 Å². The van der Waals surface area contributed by atoms with Gasteiger partial charge in [0.15, 0.2) is 5.82 Å². The van der Waals surface area contributed by atoms with Crippen LogP contribution in [0.25, 0.3) is 0 Å². The zero-order valence-electron chi connectivity index (χ0n) is 7.44. The Balaban J connectivity index is 2.17. The number of anilines is 1. The van der Waals surface area contributed by atoms with Crippen molar-refractivity contribution < 1.29 is 5.11 Å². The van der Waals surface area contributed by atoms with E-state index >= 15 is 0 Å². The molecule has 72 valence electrons. The normalized spacial score (nSPS) is 28.2. The minimum atomic E-state index is -0.296. The molecule has 1 saturated heterocycles. The lowest BCUT2D eigenvalue weighted by molar-refractivity contribution is 0.193. The number of nitrogen functional groups attached to an aromatic ring is 1. The summed E-state index contributed by atoms with van der Waals surface area (Å²) in [6, 6.07) is 0.0403. The number of nitrogens with two attached hydrogens (primary N) is 1. The number of hydrogen-bond acceptors (Lipinski definition) is 5. The van der Waals surface area contributed by atoms with Crippen molar-refractivity contribution in [1.82, 2.24) is 20.1 Å². The molecule has 0 aliphatic carbocycles. The third-order valence-electron chi connectivity index (χ3n) is 2.23. The maximum absolute atomic E-state index is 9.28. The highest BCUT2D eigenvalue weighted by Gasteiger charge is 2.26. The number of nitrogens with one attached hydrogen (secondary N) is 1. The molecule has 0 bridgehead atoms. The molecule has 1 aliphatic rings. The molecule has 6 nitrogen and oxygen atoms in total. The van der Waals surface area contributed by atoms with Crippen LogP contribution in [0.1, 0.15) is 18.3 Å². The smallest absolute Gasteiger partial charge is 0.218 e. The second-order valence-electron chi connectivity index (χ2n) is 3.30. The van der Waals surface area contributed by atoms with Gasteiger partial charge >= 0.3 is 0 Å². The Labute approximate surface area is 75.8 Å². The van der Waals surface area contributed by atoms with Gasteiger partial charge in [-0.15, -0.1) is 0 Å². The van der Waals surface area contributed by atoms with Crippen LogP contribution in [0.15, 0.2) is 0 Å². The first-order chi connectivity index (χ1) is 6.16. The van der Waals surface area contributed by atoms with E-state index in [2.05, 4.69) is 15.4 Å². The molecule has 13 heavy (non-hydrogen) atoms. The van der Waals surface area contributed by atoms with Crippen LogP contribution in [-0.4, -0.2) is 32.5 Å². The van der Waals surface area contributed by atoms with Gasteiger partial charge in [-0.05, 0) is 6.42 Å². The van der Waals surface area contributed by atoms with Gasteiger partial charge in [-0.1, -0.05) is 0 Å². The third-order valence-corrected chi connectivity index (χ3v) is 2.23. The van der Waals surface area contributed by atoms with Crippen molar-refractivity contribution in [2.45, 2.75) is 18.6 Å². The minimum absolute atomic E-state index is 0.0403. The summed E-state index contributed by atoms with van der Waals surface area (Å²) in [5.74, 6) is 1.06. The predicted octanol–water partition coefficient (Wildman–Crippen LogP) is -1.21. The molecule has 2 rings (SSSR count). The van der Waals surface area contributed by atoms with E-state index in [9.17, 15) is 5.11 Å². The van der Waals surface area contributed by atoms with Gasteiger partial charge < -0.3 is 16.2 Å². The van der Waals surface area contributed by atoms with Crippen LogP contribution < -0.4 is 11.1 Å². The van der Waals surface area contributed by atoms with Gasteiger partial charge in [0.25, 0.3) is 0 Å². The Morgan fingerprint density at radius 2 is 2.46 bits per heavy atom. The van der Waals surface area contributed by atoms with Crippen LogP contribution >= 0.6 is 0 Å². The van der Waals surface area contributed by atoms with E-state index in [1.807, 2.05) is 0 Å². The number of aryl methyl sites for hydroxylation is 1. The molecule has 6 heteroatoms. The van der Waals surface area contributed by atoms with E-state index in [1.54, 1.807) is 7.05 Å². The van der Waals surface area contributed by atoms with Crippen LogP contribution in [0.4, 0.5) is 5.95 Å². The highest BCUT2D eigenvalue weighted by molar-refractivity contribution is 5.17. The lowest BCUT2D eigenvalue weighted by Gasteiger charge is -2.02. The molecule has 1 aromatic heterocycles. The second kappa shape index (κ2) is 2.97. The lowest BCUT2D eigenvalue weighted by atomic mass is 10.2. The quantitative estimate of drug-likeness (QED) is 0.508. The monoisotopic (exact) mass is 183 g/mol. The van der Waals surface area contributed by atoms with Gasteiger partial charge in [0.1, 0.15) is 0 Å². The van der Waals surface area contributed by atoms with Gasteiger partial charge in [0.05, 0.1) is 12.1 Å². The molecule has 1 aliphatic heterocycles. The van der Waals surface area contributed by atoms with E-state index in [0.29, 0.717) is 24.7 Å². The molecule has 0 spiro atoms. The number of β-amino-alcohol motifs (C(OH)–C–C–N with tert-alkyl or cyclic N) is 1. The van der Waals surface area contributed by atoms with Crippen molar-refractivity contribution in [1.29, 1.82) is 0 Å². The molecule has 1 fully saturated rings. The molecule has 0 unspecified atom stereocenters. The zero-order chi connectivity index (χ0) is 9.42. The Hall–Kier alpha value is -1.14. The molecular weight excluding hydrogens is 170 g/mol. The van der Waals surface area contributed by atoms with Crippen LogP contribution in [0.2, 0.25) is 0 Å². The van der Waals surface area contributed by atoms with Crippen molar-refractivity contribution in [3.63, 3.8) is 0 Å².